The van der Waals surface area contributed by atoms with E-state index in [1.54, 1.807) is 37.5 Å². The van der Waals surface area contributed by atoms with Gasteiger partial charge in [-0.15, -0.1) is 13.2 Å². The first-order valence-electron chi connectivity index (χ1n) is 13.2. The van der Waals surface area contributed by atoms with Crippen molar-refractivity contribution in [1.82, 2.24) is 4.90 Å². The van der Waals surface area contributed by atoms with E-state index < -0.39 is 6.10 Å². The smallest absolute Gasteiger partial charge is 0.261 e. The Labute approximate surface area is 230 Å². The number of likely N-dealkylation sites (N-methyl/N-ethyl adjacent to an activating group) is 1. The number of rotatable bonds is 18. The van der Waals surface area contributed by atoms with Gasteiger partial charge in [0.2, 0.25) is 0 Å². The number of carbonyl (C=O) groups excluding carboxylic acids is 2. The van der Waals surface area contributed by atoms with Crippen LogP contribution in [0.2, 0.25) is 0 Å². The molecule has 0 aromatic heterocycles. The summed E-state index contributed by atoms with van der Waals surface area (Å²) in [7, 11) is 5.70. The molecule has 0 radical (unpaired) electrons. The van der Waals surface area contributed by atoms with Crippen LogP contribution >= 0.6 is 0 Å². The monoisotopic (exact) mass is 541 g/mol. The lowest BCUT2D eigenvalue weighted by Gasteiger charge is -2.34. The molecule has 2 unspecified atom stereocenters. The summed E-state index contributed by atoms with van der Waals surface area (Å²) in [6.45, 7) is 10.3. The number of nitrogens with zero attached hydrogens (tertiary/aromatic N) is 2. The highest BCUT2D eigenvalue weighted by Gasteiger charge is 2.34. The third kappa shape index (κ3) is 7.97. The number of imide groups is 1. The number of hydrogen-bond acceptors (Lipinski definition) is 7. The lowest BCUT2D eigenvalue weighted by molar-refractivity contribution is -0.893. The second kappa shape index (κ2) is 14.3. The minimum atomic E-state index is -0.758. The predicted octanol–water partition coefficient (Wildman–Crippen LogP) is 3.06. The maximum atomic E-state index is 13.3. The van der Waals surface area contributed by atoms with Crippen molar-refractivity contribution in [3.63, 3.8) is 0 Å². The number of quaternary nitrogens is 1. The number of amides is 2. The number of benzene rings is 2. The van der Waals surface area contributed by atoms with Gasteiger partial charge in [0.1, 0.15) is 24.5 Å². The fourth-order valence-corrected chi connectivity index (χ4v) is 4.82. The molecule has 0 saturated heterocycles. The lowest BCUT2D eigenvalue weighted by atomic mass is 9.93. The topological polar surface area (TPSA) is 94.5 Å². The molecule has 2 aromatic carbocycles. The molecule has 0 spiro atoms. The van der Waals surface area contributed by atoms with Crippen LogP contribution in [0.25, 0.3) is 10.8 Å². The first-order valence-corrected chi connectivity index (χ1v) is 13.2. The average Bonchev–Trinajstić information content (AvgIpc) is 2.91. The Hall–Kier alpha value is -3.08. The second-order valence-corrected chi connectivity index (χ2v) is 10.3. The first kappa shape index (κ1) is 30.5. The van der Waals surface area contributed by atoms with E-state index in [-0.39, 0.29) is 31.1 Å². The minimum absolute atomic E-state index is 0.117. The van der Waals surface area contributed by atoms with E-state index in [1.807, 2.05) is 12.1 Å². The van der Waals surface area contributed by atoms with E-state index in [1.165, 1.54) is 4.90 Å². The van der Waals surface area contributed by atoms with Gasteiger partial charge in [-0.25, -0.2) is 0 Å². The number of aliphatic hydroxyl groups excluding tert-OH is 1. The Balaban J connectivity index is 1.60. The van der Waals surface area contributed by atoms with Crippen LogP contribution in [0.15, 0.2) is 55.6 Å². The number of ether oxygens (including phenoxy) is 4. The molecular formula is C30H41N2O7+. The van der Waals surface area contributed by atoms with Gasteiger partial charge >= 0.3 is 0 Å². The van der Waals surface area contributed by atoms with Crippen LogP contribution in [0.3, 0.4) is 0 Å². The number of carbonyl (C=O) groups is 2. The van der Waals surface area contributed by atoms with Gasteiger partial charge < -0.3 is 28.5 Å². The van der Waals surface area contributed by atoms with Crippen LogP contribution in [0.4, 0.5) is 0 Å². The molecule has 1 aliphatic heterocycles. The standard InChI is InChI=1S/C30H41N2O7/c1-6-16-37-19-22(33)20-39-23(21-38-17-7-2)18-32(3,4)15-9-14-31-29(34)25-11-8-10-24-27(36-5)13-12-26(28(24)25)30(31)35/h6-8,10-13,22-23,33H,1-2,9,14-21H2,3-5H3/q+1. The van der Waals surface area contributed by atoms with Crippen LogP contribution in [0.5, 0.6) is 5.75 Å². The van der Waals surface area contributed by atoms with Crippen molar-refractivity contribution < 1.29 is 38.1 Å². The SMILES string of the molecule is C=CCOCC(O)COC(COCC=C)C[N+](C)(C)CCCN1C(=O)c2cccc3c(OC)ccc(c23)C1=O. The van der Waals surface area contributed by atoms with Crippen molar-refractivity contribution in [3.05, 3.63) is 66.8 Å². The number of methoxy groups -OCH3 is 1. The molecule has 1 N–H and O–H groups in total. The third-order valence-corrected chi connectivity index (χ3v) is 6.62. The molecule has 0 fully saturated rings. The van der Waals surface area contributed by atoms with E-state index in [2.05, 4.69) is 27.3 Å². The first-order chi connectivity index (χ1) is 18.7. The van der Waals surface area contributed by atoms with Crippen LogP contribution < -0.4 is 4.74 Å². The van der Waals surface area contributed by atoms with E-state index >= 15 is 0 Å². The Kier molecular flexibility index (Phi) is 11.2. The highest BCUT2D eigenvalue weighted by atomic mass is 16.5. The van der Waals surface area contributed by atoms with Gasteiger partial charge in [-0.2, -0.15) is 0 Å². The van der Waals surface area contributed by atoms with Crippen molar-refractivity contribution in [1.29, 1.82) is 0 Å². The van der Waals surface area contributed by atoms with Crippen LogP contribution in [-0.2, 0) is 14.2 Å². The average molecular weight is 542 g/mol. The van der Waals surface area contributed by atoms with Crippen molar-refractivity contribution >= 4 is 22.6 Å². The molecule has 2 aromatic rings. The Bertz CT molecular complexity index is 1140. The third-order valence-electron chi connectivity index (χ3n) is 6.62. The van der Waals surface area contributed by atoms with Crippen molar-refractivity contribution in [2.45, 2.75) is 18.6 Å². The predicted molar refractivity (Wildman–Crippen MR) is 150 cm³/mol. The summed E-state index contributed by atoms with van der Waals surface area (Å²) in [6.07, 6.45) is 2.89. The van der Waals surface area contributed by atoms with Gasteiger partial charge in [0, 0.05) is 34.9 Å². The maximum Gasteiger partial charge on any atom is 0.261 e. The molecule has 1 aliphatic rings. The Morgan fingerprint density at radius 2 is 1.64 bits per heavy atom. The molecule has 0 saturated carbocycles. The molecule has 2 amide bonds. The van der Waals surface area contributed by atoms with E-state index in [0.29, 0.717) is 72.6 Å². The zero-order valence-corrected chi connectivity index (χ0v) is 23.3. The number of hydrogen-bond donors (Lipinski definition) is 1. The summed E-state index contributed by atoms with van der Waals surface area (Å²) in [5, 5.41) is 11.6. The molecule has 0 aliphatic carbocycles. The minimum Gasteiger partial charge on any atom is -0.496 e. The highest BCUT2D eigenvalue weighted by Crippen LogP contribution is 2.35. The van der Waals surface area contributed by atoms with Gasteiger partial charge in [-0.3, -0.25) is 14.5 Å². The summed E-state index contributed by atoms with van der Waals surface area (Å²) in [5.74, 6) is 0.0565. The molecule has 212 valence electrons. The molecule has 9 nitrogen and oxygen atoms in total. The van der Waals surface area contributed by atoms with Gasteiger partial charge in [-0.1, -0.05) is 24.3 Å². The largest absolute Gasteiger partial charge is 0.496 e. The van der Waals surface area contributed by atoms with Crippen LogP contribution in [-0.4, -0.2) is 112 Å². The zero-order valence-electron chi connectivity index (χ0n) is 23.3. The van der Waals surface area contributed by atoms with E-state index in [9.17, 15) is 14.7 Å². The van der Waals surface area contributed by atoms with Crippen molar-refractivity contribution in [2.24, 2.45) is 0 Å². The van der Waals surface area contributed by atoms with Crippen molar-refractivity contribution in [3.8, 4) is 5.75 Å². The summed E-state index contributed by atoms with van der Waals surface area (Å²) in [4.78, 5) is 28.0. The molecule has 0 bridgehead atoms. The van der Waals surface area contributed by atoms with Gasteiger partial charge in [0.05, 0.1) is 60.8 Å². The summed E-state index contributed by atoms with van der Waals surface area (Å²) in [6, 6.07) is 8.93. The summed E-state index contributed by atoms with van der Waals surface area (Å²) in [5.41, 5.74) is 1.02. The molecule has 3 rings (SSSR count). The lowest BCUT2D eigenvalue weighted by Crippen LogP contribution is -2.50. The second-order valence-electron chi connectivity index (χ2n) is 10.3. The normalized spacial score (nSPS) is 14.9. The molecule has 1 heterocycles. The van der Waals surface area contributed by atoms with Gasteiger partial charge in [-0.05, 0) is 18.2 Å². The molecule has 2 atom stereocenters. The van der Waals surface area contributed by atoms with Crippen LogP contribution in [0, 0.1) is 0 Å². The Morgan fingerprint density at radius 1 is 0.974 bits per heavy atom. The van der Waals surface area contributed by atoms with E-state index in [4.69, 9.17) is 18.9 Å². The highest BCUT2D eigenvalue weighted by molar-refractivity contribution is 6.26. The van der Waals surface area contributed by atoms with E-state index in [0.717, 1.165) is 5.39 Å². The molecular weight excluding hydrogens is 500 g/mol. The fourth-order valence-electron chi connectivity index (χ4n) is 4.82. The number of aliphatic hydroxyl groups is 1. The van der Waals surface area contributed by atoms with Crippen LogP contribution in [0.1, 0.15) is 27.1 Å². The Morgan fingerprint density at radius 3 is 2.31 bits per heavy atom. The van der Waals surface area contributed by atoms with Gasteiger partial charge in [0.25, 0.3) is 11.8 Å². The summed E-state index contributed by atoms with van der Waals surface area (Å²) >= 11 is 0. The summed E-state index contributed by atoms with van der Waals surface area (Å²) < 4.78 is 22.9. The molecule has 39 heavy (non-hydrogen) atoms. The maximum absolute atomic E-state index is 13.3. The quantitative estimate of drug-likeness (QED) is 0.134. The fraction of sp³-hybridized carbons (Fsp3) is 0.467. The molecule has 9 heteroatoms. The zero-order chi connectivity index (χ0) is 28.4. The van der Waals surface area contributed by atoms with Gasteiger partial charge in [0.15, 0.2) is 0 Å². The van der Waals surface area contributed by atoms with Crippen molar-refractivity contribution in [2.75, 3.05) is 73.9 Å².